The van der Waals surface area contributed by atoms with Crippen LogP contribution in [-0.4, -0.2) is 87.2 Å². The second-order valence-corrected chi connectivity index (χ2v) is 11.2. The van der Waals surface area contributed by atoms with Gasteiger partial charge in [0.1, 0.15) is 10.7 Å². The highest BCUT2D eigenvalue weighted by molar-refractivity contribution is 7.10. The summed E-state index contributed by atoms with van der Waals surface area (Å²) < 4.78 is 5.80. The Balaban J connectivity index is 1.11. The Morgan fingerprint density at radius 1 is 1.18 bits per heavy atom. The Hall–Kier alpha value is -3.93. The van der Waals surface area contributed by atoms with Gasteiger partial charge in [0.15, 0.2) is 5.60 Å². The largest absolute Gasteiger partial charge is 0.367 e. The van der Waals surface area contributed by atoms with Crippen molar-refractivity contribution in [1.82, 2.24) is 30.0 Å². The summed E-state index contributed by atoms with van der Waals surface area (Å²) in [5, 5.41) is 14.5. The average Bonchev–Trinajstić information content (AvgIpc) is 3.73. The van der Waals surface area contributed by atoms with Gasteiger partial charge in [-0.05, 0) is 55.7 Å². The number of ether oxygens (including phenoxy) is 1. The molecule has 0 aliphatic carbocycles. The Bertz CT molecular complexity index is 1580. The van der Waals surface area contributed by atoms with Crippen molar-refractivity contribution in [2.75, 3.05) is 45.2 Å². The molecule has 11 heteroatoms. The van der Waals surface area contributed by atoms with E-state index in [-0.39, 0.29) is 18.4 Å². The first-order valence-electron chi connectivity index (χ1n) is 13.3. The number of aromatic amines is 1. The van der Waals surface area contributed by atoms with E-state index in [4.69, 9.17) is 4.74 Å². The molecule has 5 heterocycles. The molecule has 0 radical (unpaired) electrons. The van der Waals surface area contributed by atoms with Crippen molar-refractivity contribution in [2.45, 2.75) is 25.4 Å². The van der Waals surface area contributed by atoms with Gasteiger partial charge in [0, 0.05) is 73.4 Å². The average molecular weight is 558 g/mol. The van der Waals surface area contributed by atoms with Crippen LogP contribution in [0.15, 0.2) is 54.2 Å². The number of fused-ring (bicyclic) bond motifs is 1. The number of amides is 2. The van der Waals surface area contributed by atoms with Gasteiger partial charge in [-0.15, -0.1) is 11.3 Å². The van der Waals surface area contributed by atoms with Crippen LogP contribution in [0, 0.1) is 6.92 Å². The summed E-state index contributed by atoms with van der Waals surface area (Å²) >= 11 is 1.62. The van der Waals surface area contributed by atoms with Crippen molar-refractivity contribution < 1.29 is 14.3 Å². The molecule has 206 valence electrons. The second kappa shape index (κ2) is 10.9. The zero-order valence-electron chi connectivity index (χ0n) is 22.5. The molecule has 4 aromatic rings. The maximum Gasteiger partial charge on any atom is 0.258 e. The fourth-order valence-electron chi connectivity index (χ4n) is 5.45. The van der Waals surface area contributed by atoms with Gasteiger partial charge in [0.25, 0.3) is 5.91 Å². The fourth-order valence-corrected chi connectivity index (χ4v) is 6.16. The number of carbonyl (C=O) groups excluding carboxylic acids is 2. The number of anilines is 1. The van der Waals surface area contributed by atoms with E-state index < -0.39 is 5.60 Å². The van der Waals surface area contributed by atoms with Gasteiger partial charge in [-0.2, -0.15) is 5.10 Å². The molecule has 40 heavy (non-hydrogen) atoms. The highest BCUT2D eigenvalue weighted by Crippen LogP contribution is 2.31. The van der Waals surface area contributed by atoms with Gasteiger partial charge in [-0.25, -0.2) is 4.98 Å². The molecule has 0 saturated carbocycles. The molecule has 10 nitrogen and oxygen atoms in total. The minimum Gasteiger partial charge on any atom is -0.367 e. The number of hydrogen-bond donors (Lipinski definition) is 2. The molecule has 1 fully saturated rings. The van der Waals surface area contributed by atoms with E-state index in [2.05, 4.69) is 31.6 Å². The number of aromatic nitrogens is 4. The lowest BCUT2D eigenvalue weighted by atomic mass is 10.0. The summed E-state index contributed by atoms with van der Waals surface area (Å²) in [6.45, 7) is 4.41. The number of nitrogens with one attached hydrogen (secondary N) is 2. The van der Waals surface area contributed by atoms with E-state index in [1.54, 1.807) is 30.8 Å². The van der Waals surface area contributed by atoms with E-state index >= 15 is 0 Å². The first-order chi connectivity index (χ1) is 19.4. The zero-order valence-corrected chi connectivity index (χ0v) is 23.3. The van der Waals surface area contributed by atoms with Crippen LogP contribution >= 0.6 is 11.3 Å². The van der Waals surface area contributed by atoms with Crippen LogP contribution in [0.25, 0.3) is 27.7 Å². The van der Waals surface area contributed by atoms with Crippen LogP contribution in [-0.2, 0) is 14.3 Å². The van der Waals surface area contributed by atoms with Crippen LogP contribution in [0.3, 0.4) is 0 Å². The molecule has 2 aliphatic rings. The lowest BCUT2D eigenvalue weighted by Crippen LogP contribution is -2.48. The third-order valence-electron chi connectivity index (χ3n) is 7.73. The van der Waals surface area contributed by atoms with E-state index in [1.807, 2.05) is 52.4 Å². The molecule has 0 bridgehead atoms. The number of carbonyl (C=O) groups is 2. The third kappa shape index (κ3) is 5.15. The summed E-state index contributed by atoms with van der Waals surface area (Å²) in [4.78, 5) is 39.1. The Morgan fingerprint density at radius 3 is 2.83 bits per heavy atom. The lowest BCUT2D eigenvalue weighted by Gasteiger charge is -2.29. The number of nitrogens with zero attached hydrogens (tertiary/aromatic N) is 5. The van der Waals surface area contributed by atoms with Crippen molar-refractivity contribution in [2.24, 2.45) is 0 Å². The maximum absolute atomic E-state index is 13.5. The molecule has 6 rings (SSSR count). The van der Waals surface area contributed by atoms with Gasteiger partial charge in [0.2, 0.25) is 5.91 Å². The van der Waals surface area contributed by atoms with Crippen molar-refractivity contribution in [3.63, 3.8) is 0 Å². The smallest absolute Gasteiger partial charge is 0.258 e. The van der Waals surface area contributed by atoms with Crippen molar-refractivity contribution in [1.29, 1.82) is 0 Å². The normalized spacial score (nSPS) is 19.6. The third-order valence-corrected chi connectivity index (χ3v) is 8.58. The van der Waals surface area contributed by atoms with Gasteiger partial charge in [0.05, 0.1) is 12.1 Å². The van der Waals surface area contributed by atoms with Crippen LogP contribution in [0.1, 0.15) is 23.5 Å². The minimum absolute atomic E-state index is 0.0611. The number of benzene rings is 1. The molecular weight excluding hydrogens is 526 g/mol. The van der Waals surface area contributed by atoms with Crippen LogP contribution in [0.2, 0.25) is 0 Å². The lowest BCUT2D eigenvalue weighted by molar-refractivity contribution is -0.138. The molecule has 0 spiro atoms. The number of H-pyrrole nitrogens is 1. The van der Waals surface area contributed by atoms with Gasteiger partial charge < -0.3 is 15.0 Å². The topological polar surface area (TPSA) is 116 Å². The van der Waals surface area contributed by atoms with Crippen molar-refractivity contribution in [3.05, 3.63) is 64.9 Å². The van der Waals surface area contributed by atoms with E-state index in [9.17, 15) is 9.59 Å². The number of likely N-dealkylation sites (tertiary alicyclic amines) is 1. The number of methoxy groups -OCH3 is 1. The van der Waals surface area contributed by atoms with E-state index in [0.29, 0.717) is 38.3 Å². The standard InChI is InChI=1S/C29H31N7O3S/c1-19-15-21(5-9-30-19)26-23-16-22(3-4-24(23)33-34-26)32-28(38)29(39-2)8-13-35(18-29)17-25(37)36-11-6-20(7-12-36)27-31-10-14-40-27/h3-6,9-10,14-16H,7-8,11-13,17-18H2,1-2H3,(H,32,38)(H,33,34). The number of rotatable bonds is 7. The Kier molecular flexibility index (Phi) is 7.18. The van der Waals surface area contributed by atoms with Crippen molar-refractivity contribution in [3.8, 4) is 11.3 Å². The molecular formula is C29H31N7O3S. The predicted octanol–water partition coefficient (Wildman–Crippen LogP) is 3.74. The van der Waals surface area contributed by atoms with Gasteiger partial charge in [-0.3, -0.25) is 24.6 Å². The first-order valence-corrected chi connectivity index (χ1v) is 14.2. The molecule has 2 amide bonds. The molecule has 1 aromatic carbocycles. The summed E-state index contributed by atoms with van der Waals surface area (Å²) in [6, 6.07) is 9.58. The molecule has 2 N–H and O–H groups in total. The first kappa shape index (κ1) is 26.3. The maximum atomic E-state index is 13.5. The van der Waals surface area contributed by atoms with Gasteiger partial charge in [-0.1, -0.05) is 6.08 Å². The molecule has 2 aliphatic heterocycles. The van der Waals surface area contributed by atoms with Crippen molar-refractivity contribution >= 4 is 45.3 Å². The van der Waals surface area contributed by atoms with Crippen LogP contribution in [0.4, 0.5) is 5.69 Å². The summed E-state index contributed by atoms with van der Waals surface area (Å²) in [5.74, 6) is -0.158. The summed E-state index contributed by atoms with van der Waals surface area (Å²) in [5.41, 5.74) is 4.36. The number of hydrogen-bond acceptors (Lipinski definition) is 8. The molecule has 1 unspecified atom stereocenters. The van der Waals surface area contributed by atoms with E-state index in [1.165, 1.54) is 5.57 Å². The Morgan fingerprint density at radius 2 is 2.08 bits per heavy atom. The monoisotopic (exact) mass is 557 g/mol. The van der Waals surface area contributed by atoms with Crippen LogP contribution in [0.5, 0.6) is 0 Å². The number of thiazole rings is 1. The SMILES string of the molecule is COC1(C(=O)Nc2ccc3[nH]nc(-c4ccnc(C)c4)c3c2)CCN(CC(=O)N2CC=C(c3nccs3)CC2)C1. The summed E-state index contributed by atoms with van der Waals surface area (Å²) in [7, 11) is 1.56. The van der Waals surface area contributed by atoms with Gasteiger partial charge >= 0.3 is 0 Å². The highest BCUT2D eigenvalue weighted by Gasteiger charge is 2.45. The number of aryl methyl sites for hydroxylation is 1. The number of pyridine rings is 1. The summed E-state index contributed by atoms with van der Waals surface area (Å²) in [6.07, 6.45) is 6.96. The molecule has 3 aromatic heterocycles. The van der Waals surface area contributed by atoms with Crippen LogP contribution < -0.4 is 5.32 Å². The van der Waals surface area contributed by atoms with E-state index in [0.717, 1.165) is 39.3 Å². The quantitative estimate of drug-likeness (QED) is 0.356. The predicted molar refractivity (Wildman–Crippen MR) is 155 cm³/mol. The highest BCUT2D eigenvalue weighted by atomic mass is 32.1. The minimum atomic E-state index is -1.03. The molecule has 1 saturated heterocycles. The zero-order chi connectivity index (χ0) is 27.7. The second-order valence-electron chi connectivity index (χ2n) is 10.3. The Labute approximate surface area is 236 Å². The fraction of sp³-hybridized carbons (Fsp3) is 0.345. The molecule has 1 atom stereocenters.